The van der Waals surface area contributed by atoms with Crippen molar-refractivity contribution < 1.29 is 4.79 Å². The predicted molar refractivity (Wildman–Crippen MR) is 63.3 cm³/mol. The Morgan fingerprint density at radius 1 is 1.40 bits per heavy atom. The van der Waals surface area contributed by atoms with E-state index in [2.05, 4.69) is 31.3 Å². The summed E-state index contributed by atoms with van der Waals surface area (Å²) in [6.45, 7) is 4.85. The summed E-state index contributed by atoms with van der Waals surface area (Å²) in [5.74, 6) is -0.0748. The molecule has 1 N–H and O–H groups in total. The molecule has 2 nitrogen and oxygen atoms in total. The smallest absolute Gasteiger partial charge is 0.234 e. The second-order valence-corrected chi connectivity index (χ2v) is 3.86. The molecule has 0 atom stereocenters. The molecule has 1 rings (SSSR count). The Hall–Kier alpha value is -1.02. The van der Waals surface area contributed by atoms with Gasteiger partial charge >= 0.3 is 0 Å². The molecule has 3 heteroatoms. The minimum Gasteiger partial charge on any atom is -0.355 e. The molecule has 0 aliphatic heterocycles. The number of hydrogen-bond acceptors (Lipinski definition) is 1. The molecule has 0 radical (unpaired) electrons. The molecule has 0 saturated carbocycles. The van der Waals surface area contributed by atoms with Gasteiger partial charge < -0.3 is 5.32 Å². The molecule has 0 saturated heterocycles. The molecule has 0 heterocycles. The van der Waals surface area contributed by atoms with Crippen LogP contribution in [0.4, 0.5) is 0 Å². The lowest BCUT2D eigenvalue weighted by Crippen LogP contribution is -2.26. The van der Waals surface area contributed by atoms with Gasteiger partial charge in [0.1, 0.15) is 5.88 Å². The minimum absolute atomic E-state index is 0.0345. The highest BCUT2D eigenvalue weighted by Crippen LogP contribution is 2.12. The summed E-state index contributed by atoms with van der Waals surface area (Å²) in [6, 6.07) is 6.23. The van der Waals surface area contributed by atoms with Crippen molar-refractivity contribution >= 4 is 17.5 Å². The van der Waals surface area contributed by atoms with Gasteiger partial charge in [-0.15, -0.1) is 11.6 Å². The lowest BCUT2D eigenvalue weighted by atomic mass is 10.0. The van der Waals surface area contributed by atoms with Crippen molar-refractivity contribution in [2.75, 3.05) is 12.4 Å². The molecule has 82 valence electrons. The van der Waals surface area contributed by atoms with E-state index in [1.807, 2.05) is 6.07 Å². The van der Waals surface area contributed by atoms with E-state index in [-0.39, 0.29) is 11.8 Å². The molecule has 15 heavy (non-hydrogen) atoms. The van der Waals surface area contributed by atoms with Crippen LogP contribution in [-0.2, 0) is 11.2 Å². The largest absolute Gasteiger partial charge is 0.355 e. The van der Waals surface area contributed by atoms with Crippen LogP contribution in [0.1, 0.15) is 16.7 Å². The van der Waals surface area contributed by atoms with E-state index in [0.717, 1.165) is 6.42 Å². The van der Waals surface area contributed by atoms with Gasteiger partial charge in [-0.25, -0.2) is 0 Å². The zero-order valence-corrected chi connectivity index (χ0v) is 9.90. The third-order valence-corrected chi connectivity index (χ3v) is 2.80. The van der Waals surface area contributed by atoms with Crippen molar-refractivity contribution in [1.29, 1.82) is 0 Å². The number of benzene rings is 1. The molecule has 1 aromatic rings. The van der Waals surface area contributed by atoms with Crippen molar-refractivity contribution in [3.05, 3.63) is 34.9 Å². The average Bonchev–Trinajstić information content (AvgIpc) is 2.24. The molecule has 0 spiro atoms. The van der Waals surface area contributed by atoms with Crippen molar-refractivity contribution in [2.24, 2.45) is 0 Å². The van der Waals surface area contributed by atoms with Gasteiger partial charge in [0.2, 0.25) is 5.91 Å². The van der Waals surface area contributed by atoms with E-state index in [1.165, 1.54) is 16.7 Å². The highest BCUT2D eigenvalue weighted by atomic mass is 35.5. The number of halogens is 1. The van der Waals surface area contributed by atoms with Gasteiger partial charge in [-0.05, 0) is 37.0 Å². The van der Waals surface area contributed by atoms with E-state index >= 15 is 0 Å². The summed E-state index contributed by atoms with van der Waals surface area (Å²) in [5, 5.41) is 2.76. The predicted octanol–water partition coefficient (Wildman–Crippen LogP) is 2.20. The summed E-state index contributed by atoms with van der Waals surface area (Å²) >= 11 is 5.38. The minimum atomic E-state index is -0.109. The third kappa shape index (κ3) is 3.56. The number of alkyl halides is 1. The highest BCUT2D eigenvalue weighted by Gasteiger charge is 2.01. The first-order valence-corrected chi connectivity index (χ1v) is 5.56. The molecule has 0 fully saturated rings. The second-order valence-electron chi connectivity index (χ2n) is 3.59. The molecule has 0 aromatic heterocycles. The van der Waals surface area contributed by atoms with Crippen molar-refractivity contribution in [1.82, 2.24) is 5.32 Å². The van der Waals surface area contributed by atoms with E-state index in [4.69, 9.17) is 11.6 Å². The molecule has 0 unspecified atom stereocenters. The monoisotopic (exact) mass is 225 g/mol. The van der Waals surface area contributed by atoms with E-state index < -0.39 is 0 Å². The number of rotatable bonds is 4. The Morgan fingerprint density at radius 2 is 2.13 bits per heavy atom. The Morgan fingerprint density at radius 3 is 2.80 bits per heavy atom. The van der Waals surface area contributed by atoms with Crippen LogP contribution in [0.2, 0.25) is 0 Å². The van der Waals surface area contributed by atoms with Crippen LogP contribution in [0.3, 0.4) is 0 Å². The van der Waals surface area contributed by atoms with Gasteiger partial charge in [-0.3, -0.25) is 4.79 Å². The number of carbonyl (C=O) groups is 1. The average molecular weight is 226 g/mol. The Bertz CT molecular complexity index is 349. The van der Waals surface area contributed by atoms with Crippen molar-refractivity contribution in [3.8, 4) is 0 Å². The van der Waals surface area contributed by atoms with Crippen LogP contribution >= 0.6 is 11.6 Å². The first-order valence-electron chi connectivity index (χ1n) is 5.03. The first-order chi connectivity index (χ1) is 7.15. The SMILES string of the molecule is Cc1cccc(CCNC(=O)CCl)c1C. The Balaban J connectivity index is 2.51. The van der Waals surface area contributed by atoms with Gasteiger partial charge in [0, 0.05) is 6.54 Å². The van der Waals surface area contributed by atoms with Gasteiger partial charge in [0.15, 0.2) is 0 Å². The maximum atomic E-state index is 10.9. The van der Waals surface area contributed by atoms with Gasteiger partial charge in [0.25, 0.3) is 0 Å². The fraction of sp³-hybridized carbons (Fsp3) is 0.417. The van der Waals surface area contributed by atoms with E-state index in [1.54, 1.807) is 0 Å². The van der Waals surface area contributed by atoms with Crippen LogP contribution < -0.4 is 5.32 Å². The second kappa shape index (κ2) is 5.76. The number of nitrogens with one attached hydrogen (secondary N) is 1. The fourth-order valence-electron chi connectivity index (χ4n) is 1.47. The van der Waals surface area contributed by atoms with Gasteiger partial charge in [0.05, 0.1) is 0 Å². The molecular weight excluding hydrogens is 210 g/mol. The zero-order chi connectivity index (χ0) is 11.3. The van der Waals surface area contributed by atoms with Crippen LogP contribution in [0.5, 0.6) is 0 Å². The first kappa shape index (κ1) is 12.1. The quantitative estimate of drug-likeness (QED) is 0.783. The Labute approximate surface area is 95.6 Å². The van der Waals surface area contributed by atoms with Crippen molar-refractivity contribution in [2.45, 2.75) is 20.3 Å². The maximum Gasteiger partial charge on any atom is 0.234 e. The Kier molecular flexibility index (Phi) is 4.63. The topological polar surface area (TPSA) is 29.1 Å². The normalized spacial score (nSPS) is 10.1. The van der Waals surface area contributed by atoms with E-state index in [0.29, 0.717) is 6.54 Å². The summed E-state index contributed by atoms with van der Waals surface area (Å²) in [5.41, 5.74) is 3.87. The zero-order valence-electron chi connectivity index (χ0n) is 9.14. The third-order valence-electron chi connectivity index (χ3n) is 2.55. The summed E-state index contributed by atoms with van der Waals surface area (Å²) in [6.07, 6.45) is 0.857. The van der Waals surface area contributed by atoms with Crippen LogP contribution in [0, 0.1) is 13.8 Å². The fourth-order valence-corrected chi connectivity index (χ4v) is 1.56. The lowest BCUT2D eigenvalue weighted by Gasteiger charge is -2.08. The summed E-state index contributed by atoms with van der Waals surface area (Å²) in [4.78, 5) is 10.9. The molecule has 1 amide bonds. The van der Waals surface area contributed by atoms with Crippen LogP contribution in [0.25, 0.3) is 0 Å². The highest BCUT2D eigenvalue weighted by molar-refractivity contribution is 6.27. The maximum absolute atomic E-state index is 10.9. The number of carbonyl (C=O) groups excluding carboxylic acids is 1. The number of aryl methyl sites for hydroxylation is 1. The molecular formula is C12H16ClNO. The standard InChI is InChI=1S/C12H16ClNO/c1-9-4-3-5-11(10(9)2)6-7-14-12(15)8-13/h3-5H,6-8H2,1-2H3,(H,14,15). The number of hydrogen-bond donors (Lipinski definition) is 1. The van der Waals surface area contributed by atoms with Gasteiger partial charge in [-0.2, -0.15) is 0 Å². The molecule has 0 aliphatic carbocycles. The van der Waals surface area contributed by atoms with Crippen LogP contribution in [0.15, 0.2) is 18.2 Å². The van der Waals surface area contributed by atoms with Gasteiger partial charge in [-0.1, -0.05) is 18.2 Å². The summed E-state index contributed by atoms with van der Waals surface area (Å²) in [7, 11) is 0. The van der Waals surface area contributed by atoms with Crippen LogP contribution in [-0.4, -0.2) is 18.3 Å². The molecule has 0 bridgehead atoms. The summed E-state index contributed by atoms with van der Waals surface area (Å²) < 4.78 is 0. The van der Waals surface area contributed by atoms with Crippen molar-refractivity contribution in [3.63, 3.8) is 0 Å². The molecule has 0 aliphatic rings. The lowest BCUT2D eigenvalue weighted by molar-refractivity contribution is -0.118. The molecule has 1 aromatic carbocycles. The van der Waals surface area contributed by atoms with E-state index in [9.17, 15) is 4.79 Å². The number of amides is 1.